The fourth-order valence-corrected chi connectivity index (χ4v) is 3.94. The van der Waals surface area contributed by atoms with Gasteiger partial charge in [-0.15, -0.1) is 11.8 Å². The summed E-state index contributed by atoms with van der Waals surface area (Å²) in [6.45, 7) is 2.95. The van der Waals surface area contributed by atoms with Crippen molar-refractivity contribution in [3.8, 4) is 0 Å². The van der Waals surface area contributed by atoms with Crippen LogP contribution in [0.4, 0.5) is 0 Å². The van der Waals surface area contributed by atoms with E-state index in [-0.39, 0.29) is 17.7 Å². The van der Waals surface area contributed by atoms with Crippen molar-refractivity contribution in [2.24, 2.45) is 0 Å². The van der Waals surface area contributed by atoms with Gasteiger partial charge in [0.15, 0.2) is 11.6 Å². The Morgan fingerprint density at radius 1 is 1.29 bits per heavy atom. The number of oxazole rings is 1. The molecule has 1 aromatic heterocycles. The molecular formula is C20H24ClN3O3S. The van der Waals surface area contributed by atoms with E-state index in [1.807, 2.05) is 23.3 Å². The van der Waals surface area contributed by atoms with Crippen LogP contribution in [-0.2, 0) is 0 Å². The van der Waals surface area contributed by atoms with Crippen LogP contribution in [0.3, 0.4) is 0 Å². The van der Waals surface area contributed by atoms with Gasteiger partial charge in [-0.05, 0) is 44.2 Å². The van der Waals surface area contributed by atoms with Crippen molar-refractivity contribution in [2.45, 2.75) is 30.6 Å². The number of rotatable bonds is 4. The number of likely N-dealkylation sites (tertiary alicyclic amines) is 1. The van der Waals surface area contributed by atoms with Gasteiger partial charge in [0.2, 0.25) is 0 Å². The van der Waals surface area contributed by atoms with E-state index in [1.54, 1.807) is 38.8 Å². The lowest BCUT2D eigenvalue weighted by Crippen LogP contribution is -2.38. The molecule has 0 spiro atoms. The molecule has 3 rings (SSSR count). The van der Waals surface area contributed by atoms with Crippen LogP contribution in [0.2, 0.25) is 5.02 Å². The molecule has 0 bridgehead atoms. The zero-order valence-corrected chi connectivity index (χ0v) is 18.1. The summed E-state index contributed by atoms with van der Waals surface area (Å²) in [4.78, 5) is 33.8. The molecule has 0 aliphatic carbocycles. The van der Waals surface area contributed by atoms with E-state index in [0.29, 0.717) is 41.0 Å². The highest BCUT2D eigenvalue weighted by molar-refractivity contribution is 7.98. The molecule has 8 heteroatoms. The summed E-state index contributed by atoms with van der Waals surface area (Å²) >= 11 is 7.83. The summed E-state index contributed by atoms with van der Waals surface area (Å²) in [7, 11) is 3.38. The Morgan fingerprint density at radius 2 is 1.96 bits per heavy atom. The van der Waals surface area contributed by atoms with Crippen LogP contribution in [0.1, 0.15) is 51.3 Å². The van der Waals surface area contributed by atoms with Crippen molar-refractivity contribution in [3.63, 3.8) is 0 Å². The Kier molecular flexibility index (Phi) is 6.35. The molecule has 1 aliphatic heterocycles. The number of carbonyl (C=O) groups excluding carboxylic acids is 2. The van der Waals surface area contributed by atoms with Gasteiger partial charge in [-0.25, -0.2) is 4.98 Å². The van der Waals surface area contributed by atoms with Crippen LogP contribution >= 0.6 is 23.4 Å². The normalized spacial score (nSPS) is 15.0. The van der Waals surface area contributed by atoms with E-state index >= 15 is 0 Å². The molecule has 2 amide bonds. The molecule has 2 aromatic rings. The first-order valence-electron chi connectivity index (χ1n) is 9.13. The fraction of sp³-hybridized carbons (Fsp3) is 0.450. The van der Waals surface area contributed by atoms with E-state index in [4.69, 9.17) is 16.0 Å². The third-order valence-corrected chi connectivity index (χ3v) is 6.01. The van der Waals surface area contributed by atoms with Gasteiger partial charge in [0.1, 0.15) is 5.76 Å². The number of thioether (sulfide) groups is 1. The highest BCUT2D eigenvalue weighted by Gasteiger charge is 2.30. The second-order valence-electron chi connectivity index (χ2n) is 7.07. The Balaban J connectivity index is 1.69. The van der Waals surface area contributed by atoms with E-state index in [9.17, 15) is 9.59 Å². The first-order valence-corrected chi connectivity index (χ1v) is 10.7. The number of piperidine rings is 1. The highest BCUT2D eigenvalue weighted by atomic mass is 35.5. The van der Waals surface area contributed by atoms with Gasteiger partial charge < -0.3 is 14.2 Å². The van der Waals surface area contributed by atoms with Crippen molar-refractivity contribution in [2.75, 3.05) is 33.4 Å². The number of amides is 2. The lowest BCUT2D eigenvalue weighted by Gasteiger charge is -2.31. The number of hydrogen-bond acceptors (Lipinski definition) is 5. The zero-order valence-electron chi connectivity index (χ0n) is 16.5. The van der Waals surface area contributed by atoms with Crippen LogP contribution in [0.15, 0.2) is 27.5 Å². The summed E-state index contributed by atoms with van der Waals surface area (Å²) in [5.74, 6) is 0.999. The molecule has 2 heterocycles. The Bertz CT molecular complexity index is 889. The van der Waals surface area contributed by atoms with Crippen LogP contribution < -0.4 is 0 Å². The Morgan fingerprint density at radius 3 is 2.57 bits per heavy atom. The van der Waals surface area contributed by atoms with Gasteiger partial charge in [-0.3, -0.25) is 9.59 Å². The number of halogens is 1. The van der Waals surface area contributed by atoms with Gasteiger partial charge in [0.05, 0.1) is 10.6 Å². The molecule has 0 radical (unpaired) electrons. The minimum absolute atomic E-state index is 0.0496. The molecular weight excluding hydrogens is 398 g/mol. The monoisotopic (exact) mass is 421 g/mol. The van der Waals surface area contributed by atoms with E-state index < -0.39 is 0 Å². The van der Waals surface area contributed by atoms with Gasteiger partial charge in [0.25, 0.3) is 11.8 Å². The molecule has 1 saturated heterocycles. The quantitative estimate of drug-likeness (QED) is 0.696. The third-order valence-electron chi connectivity index (χ3n) is 4.96. The van der Waals surface area contributed by atoms with Crippen molar-refractivity contribution >= 4 is 35.2 Å². The lowest BCUT2D eigenvalue weighted by atomic mass is 9.96. The van der Waals surface area contributed by atoms with Crippen molar-refractivity contribution < 1.29 is 14.0 Å². The molecule has 0 atom stereocenters. The summed E-state index contributed by atoms with van der Waals surface area (Å²) < 4.78 is 5.77. The first-order chi connectivity index (χ1) is 13.3. The number of carbonyl (C=O) groups is 2. The van der Waals surface area contributed by atoms with Crippen molar-refractivity contribution in [1.29, 1.82) is 0 Å². The van der Waals surface area contributed by atoms with Gasteiger partial charge in [-0.1, -0.05) is 11.6 Å². The Hall–Kier alpha value is -1.99. The average Bonchev–Trinajstić information content (AvgIpc) is 3.08. The smallest absolute Gasteiger partial charge is 0.275 e. The van der Waals surface area contributed by atoms with Crippen molar-refractivity contribution in [3.05, 3.63) is 46.1 Å². The maximum Gasteiger partial charge on any atom is 0.275 e. The van der Waals surface area contributed by atoms with Crippen LogP contribution in [0.25, 0.3) is 0 Å². The Labute approximate surface area is 174 Å². The van der Waals surface area contributed by atoms with E-state index in [2.05, 4.69) is 4.98 Å². The van der Waals surface area contributed by atoms with Crippen LogP contribution in [-0.4, -0.2) is 60.0 Å². The number of aryl methyl sites for hydroxylation is 1. The number of nitrogens with zero attached hydrogens (tertiary/aromatic N) is 3. The summed E-state index contributed by atoms with van der Waals surface area (Å²) in [6.07, 6.45) is 3.44. The fourth-order valence-electron chi connectivity index (χ4n) is 3.30. The molecule has 150 valence electrons. The van der Waals surface area contributed by atoms with Gasteiger partial charge in [0, 0.05) is 38.0 Å². The maximum atomic E-state index is 12.9. The molecule has 1 aromatic carbocycles. The van der Waals surface area contributed by atoms with Crippen LogP contribution in [0.5, 0.6) is 0 Å². The largest absolute Gasteiger partial charge is 0.445 e. The number of benzene rings is 1. The van der Waals surface area contributed by atoms with Crippen LogP contribution in [0, 0.1) is 6.92 Å². The minimum Gasteiger partial charge on any atom is -0.445 e. The lowest BCUT2D eigenvalue weighted by molar-refractivity contribution is 0.0705. The second-order valence-corrected chi connectivity index (χ2v) is 8.36. The molecule has 0 saturated carbocycles. The molecule has 1 aliphatic rings. The SMILES string of the molecule is CSc1ccc(Cl)c(C(=O)N2CCC(c3nc(C(=O)N(C)C)c(C)o3)CC2)c1. The summed E-state index contributed by atoms with van der Waals surface area (Å²) in [6, 6.07) is 5.53. The maximum absolute atomic E-state index is 12.9. The first kappa shape index (κ1) is 20.7. The molecule has 28 heavy (non-hydrogen) atoms. The molecule has 0 N–H and O–H groups in total. The standard InChI is InChI=1S/C20H24ClN3O3S/c1-12-17(20(26)23(2)3)22-18(27-12)13-7-9-24(10-8-13)19(25)15-11-14(28-4)5-6-16(15)21/h5-6,11,13H,7-10H2,1-4H3. The second kappa shape index (κ2) is 8.57. The molecule has 1 fully saturated rings. The van der Waals surface area contributed by atoms with Gasteiger partial charge in [-0.2, -0.15) is 0 Å². The number of aromatic nitrogens is 1. The molecule has 0 unspecified atom stereocenters. The molecule has 6 nitrogen and oxygen atoms in total. The average molecular weight is 422 g/mol. The predicted molar refractivity (Wildman–Crippen MR) is 110 cm³/mol. The van der Waals surface area contributed by atoms with Gasteiger partial charge >= 0.3 is 0 Å². The zero-order chi connectivity index (χ0) is 20.4. The van der Waals surface area contributed by atoms with E-state index in [0.717, 1.165) is 17.7 Å². The highest BCUT2D eigenvalue weighted by Crippen LogP contribution is 2.31. The predicted octanol–water partition coefficient (Wildman–Crippen LogP) is 4.08. The van der Waals surface area contributed by atoms with E-state index in [1.165, 1.54) is 4.90 Å². The number of hydrogen-bond donors (Lipinski definition) is 0. The topological polar surface area (TPSA) is 66.7 Å². The minimum atomic E-state index is -0.163. The van der Waals surface area contributed by atoms with Crippen molar-refractivity contribution in [1.82, 2.24) is 14.8 Å². The third kappa shape index (κ3) is 4.20. The summed E-state index contributed by atoms with van der Waals surface area (Å²) in [5.41, 5.74) is 0.900. The summed E-state index contributed by atoms with van der Waals surface area (Å²) in [5, 5.41) is 0.472.